The number of esters is 1. The van der Waals surface area contributed by atoms with Crippen LogP contribution in [0.4, 0.5) is 0 Å². The summed E-state index contributed by atoms with van der Waals surface area (Å²) < 4.78 is 11.2. The SMILES string of the molecule is C[C@@H](N)C(=O)C[C@H](C(=O)OC(C)(C)C)[C@@H](C)OC(C)(C)C. The van der Waals surface area contributed by atoms with Crippen LogP contribution in [0.1, 0.15) is 61.8 Å². The van der Waals surface area contributed by atoms with E-state index in [1.165, 1.54) is 0 Å². The van der Waals surface area contributed by atoms with Crippen LogP contribution in [-0.4, -0.2) is 35.1 Å². The lowest BCUT2D eigenvalue weighted by Crippen LogP contribution is -2.41. The van der Waals surface area contributed by atoms with E-state index < -0.39 is 35.2 Å². The predicted molar refractivity (Wildman–Crippen MR) is 82.9 cm³/mol. The second kappa shape index (κ2) is 7.36. The zero-order valence-electron chi connectivity index (χ0n) is 14.6. The Morgan fingerprint density at radius 1 is 1.00 bits per heavy atom. The molecule has 0 fully saturated rings. The molecule has 0 aliphatic carbocycles. The Kier molecular flexibility index (Phi) is 7.03. The molecule has 5 heteroatoms. The van der Waals surface area contributed by atoms with Crippen LogP contribution in [0.5, 0.6) is 0 Å². The first kappa shape index (κ1) is 20.1. The molecular weight excluding hydrogens is 270 g/mol. The van der Waals surface area contributed by atoms with Gasteiger partial charge >= 0.3 is 5.97 Å². The van der Waals surface area contributed by atoms with E-state index in [0.29, 0.717) is 0 Å². The molecular formula is C16H31NO4. The van der Waals surface area contributed by atoms with Gasteiger partial charge in [-0.1, -0.05) is 0 Å². The van der Waals surface area contributed by atoms with E-state index in [-0.39, 0.29) is 12.2 Å². The minimum atomic E-state index is -0.651. The van der Waals surface area contributed by atoms with Crippen LogP contribution < -0.4 is 5.73 Å². The van der Waals surface area contributed by atoms with Gasteiger partial charge in [0.1, 0.15) is 11.4 Å². The lowest BCUT2D eigenvalue weighted by Gasteiger charge is -2.31. The Bertz CT molecular complexity index is 363. The highest BCUT2D eigenvalue weighted by molar-refractivity contribution is 5.88. The maximum absolute atomic E-state index is 12.3. The summed E-state index contributed by atoms with van der Waals surface area (Å²) in [7, 11) is 0. The third-order valence-corrected chi connectivity index (χ3v) is 2.74. The molecule has 0 aliphatic rings. The molecule has 3 atom stereocenters. The summed E-state index contributed by atoms with van der Waals surface area (Å²) >= 11 is 0. The smallest absolute Gasteiger partial charge is 0.312 e. The molecule has 0 aliphatic heterocycles. The van der Waals surface area contributed by atoms with Crippen LogP contribution >= 0.6 is 0 Å². The minimum Gasteiger partial charge on any atom is -0.460 e. The van der Waals surface area contributed by atoms with Gasteiger partial charge in [0.05, 0.1) is 23.7 Å². The molecule has 0 aromatic rings. The molecule has 0 aromatic carbocycles. The molecule has 0 heterocycles. The molecule has 5 nitrogen and oxygen atoms in total. The second-order valence-corrected chi connectivity index (χ2v) is 7.53. The molecule has 0 amide bonds. The molecule has 0 saturated heterocycles. The van der Waals surface area contributed by atoms with Crippen molar-refractivity contribution in [1.82, 2.24) is 0 Å². The normalized spacial score (nSPS) is 17.0. The fourth-order valence-corrected chi connectivity index (χ4v) is 1.86. The first-order valence-corrected chi connectivity index (χ1v) is 7.42. The Labute approximate surface area is 128 Å². The highest BCUT2D eigenvalue weighted by atomic mass is 16.6. The van der Waals surface area contributed by atoms with Crippen LogP contribution in [0, 0.1) is 5.92 Å². The first-order chi connectivity index (χ1) is 9.23. The van der Waals surface area contributed by atoms with E-state index in [1.807, 2.05) is 20.8 Å². The van der Waals surface area contributed by atoms with E-state index in [0.717, 1.165) is 0 Å². The van der Waals surface area contributed by atoms with Crippen LogP contribution in [0.2, 0.25) is 0 Å². The molecule has 0 saturated carbocycles. The Hall–Kier alpha value is -0.940. The molecule has 0 rings (SSSR count). The number of carbonyl (C=O) groups is 2. The Morgan fingerprint density at radius 2 is 1.48 bits per heavy atom. The summed E-state index contributed by atoms with van der Waals surface area (Å²) in [5.41, 5.74) is 4.59. The van der Waals surface area contributed by atoms with Gasteiger partial charge in [0.15, 0.2) is 0 Å². The zero-order chi connectivity index (χ0) is 17.0. The topological polar surface area (TPSA) is 78.6 Å². The maximum Gasteiger partial charge on any atom is 0.312 e. The van der Waals surface area contributed by atoms with Crippen LogP contribution in [0.3, 0.4) is 0 Å². The number of hydrogen-bond donors (Lipinski definition) is 1. The van der Waals surface area contributed by atoms with Crippen LogP contribution in [-0.2, 0) is 19.1 Å². The van der Waals surface area contributed by atoms with Crippen molar-refractivity contribution in [3.8, 4) is 0 Å². The summed E-state index contributed by atoms with van der Waals surface area (Å²) in [5, 5.41) is 0. The molecule has 0 aromatic heterocycles. The lowest BCUT2D eigenvalue weighted by molar-refractivity contribution is -0.171. The number of ketones is 1. The van der Waals surface area contributed by atoms with E-state index in [1.54, 1.807) is 34.6 Å². The molecule has 124 valence electrons. The molecule has 21 heavy (non-hydrogen) atoms. The summed E-state index contributed by atoms with van der Waals surface area (Å²) in [6.07, 6.45) is -0.397. The van der Waals surface area contributed by atoms with Crippen molar-refractivity contribution >= 4 is 11.8 Å². The quantitative estimate of drug-likeness (QED) is 0.762. The van der Waals surface area contributed by atoms with Gasteiger partial charge in [0.25, 0.3) is 0 Å². The number of rotatable bonds is 6. The zero-order valence-corrected chi connectivity index (χ0v) is 14.6. The number of carbonyl (C=O) groups excluding carboxylic acids is 2. The maximum atomic E-state index is 12.3. The third kappa shape index (κ3) is 8.83. The highest BCUT2D eigenvalue weighted by Gasteiger charge is 2.34. The largest absolute Gasteiger partial charge is 0.460 e. The van der Waals surface area contributed by atoms with E-state index >= 15 is 0 Å². The molecule has 2 N–H and O–H groups in total. The summed E-state index contributed by atoms with van der Waals surface area (Å²) in [6, 6.07) is -0.600. The second-order valence-electron chi connectivity index (χ2n) is 7.53. The van der Waals surface area contributed by atoms with Crippen molar-refractivity contribution < 1.29 is 19.1 Å². The van der Waals surface area contributed by atoms with Crippen molar-refractivity contribution in [1.29, 1.82) is 0 Å². The van der Waals surface area contributed by atoms with Gasteiger partial charge in [-0.15, -0.1) is 0 Å². The van der Waals surface area contributed by atoms with Gasteiger partial charge in [-0.25, -0.2) is 0 Å². The monoisotopic (exact) mass is 301 g/mol. The summed E-state index contributed by atoms with van der Waals surface area (Å²) in [6.45, 7) is 14.5. The van der Waals surface area contributed by atoms with Gasteiger partial charge in [-0.05, 0) is 55.4 Å². The van der Waals surface area contributed by atoms with Crippen molar-refractivity contribution in [3.05, 3.63) is 0 Å². The van der Waals surface area contributed by atoms with Gasteiger partial charge in [-0.3, -0.25) is 9.59 Å². The summed E-state index contributed by atoms with van der Waals surface area (Å²) in [4.78, 5) is 24.3. The third-order valence-electron chi connectivity index (χ3n) is 2.74. The van der Waals surface area contributed by atoms with E-state index in [9.17, 15) is 9.59 Å². The number of ether oxygens (including phenoxy) is 2. The van der Waals surface area contributed by atoms with Crippen molar-refractivity contribution in [2.24, 2.45) is 11.7 Å². The minimum absolute atomic E-state index is 0.0316. The van der Waals surface area contributed by atoms with Crippen molar-refractivity contribution in [2.75, 3.05) is 0 Å². The van der Waals surface area contributed by atoms with Gasteiger partial charge < -0.3 is 15.2 Å². The molecule has 0 bridgehead atoms. The fraction of sp³-hybridized carbons (Fsp3) is 0.875. The molecule has 0 spiro atoms. The van der Waals surface area contributed by atoms with Crippen molar-refractivity contribution in [3.63, 3.8) is 0 Å². The van der Waals surface area contributed by atoms with Gasteiger partial charge in [-0.2, -0.15) is 0 Å². The number of hydrogen-bond acceptors (Lipinski definition) is 5. The van der Waals surface area contributed by atoms with Crippen LogP contribution in [0.15, 0.2) is 0 Å². The van der Waals surface area contributed by atoms with Gasteiger partial charge in [0.2, 0.25) is 0 Å². The van der Waals surface area contributed by atoms with Gasteiger partial charge in [0, 0.05) is 6.42 Å². The molecule has 0 unspecified atom stereocenters. The Morgan fingerprint density at radius 3 is 1.81 bits per heavy atom. The average Bonchev–Trinajstić information content (AvgIpc) is 2.19. The van der Waals surface area contributed by atoms with Crippen molar-refractivity contribution in [2.45, 2.75) is 85.2 Å². The average molecular weight is 301 g/mol. The van der Waals surface area contributed by atoms with E-state index in [2.05, 4.69) is 0 Å². The Balaban J connectivity index is 5.09. The first-order valence-electron chi connectivity index (χ1n) is 7.42. The number of Topliss-reactive ketones (excluding diaryl/α,β-unsaturated/α-hetero) is 1. The van der Waals surface area contributed by atoms with Crippen LogP contribution in [0.25, 0.3) is 0 Å². The lowest BCUT2D eigenvalue weighted by atomic mass is 9.94. The van der Waals surface area contributed by atoms with E-state index in [4.69, 9.17) is 15.2 Å². The number of nitrogens with two attached hydrogens (primary N) is 1. The fourth-order valence-electron chi connectivity index (χ4n) is 1.86. The molecule has 0 radical (unpaired) electrons. The standard InChI is InChI=1S/C16H31NO4/c1-10(17)13(18)9-12(11(2)20-15(3,4)5)14(19)21-16(6,7)8/h10-12H,9,17H2,1-8H3/t10-,11-,12+/m1/s1. The highest BCUT2D eigenvalue weighted by Crippen LogP contribution is 2.23. The predicted octanol–water partition coefficient (Wildman–Crippen LogP) is 2.45. The summed E-state index contributed by atoms with van der Waals surface area (Å²) in [5.74, 6) is -1.24.